The molecule has 2 N–H and O–H groups in total. The third kappa shape index (κ3) is 6.05. The first kappa shape index (κ1) is 28.1. The van der Waals surface area contributed by atoms with Crippen molar-refractivity contribution < 1.29 is 24.4 Å². The second-order valence-electron chi connectivity index (χ2n) is 10.2. The van der Waals surface area contributed by atoms with E-state index in [4.69, 9.17) is 4.74 Å². The molecule has 1 heterocycles. The summed E-state index contributed by atoms with van der Waals surface area (Å²) in [7, 11) is 1.53. The number of ether oxygens (including phenoxy) is 1. The number of aliphatic hydroxyl groups is 1. The molecule has 2 aromatic rings. The van der Waals surface area contributed by atoms with E-state index in [-0.39, 0.29) is 28.3 Å². The fourth-order valence-corrected chi connectivity index (χ4v) is 5.45. The number of nitro groups is 1. The number of Topliss-reactive ketones (excluding diaryl/α,β-unsaturated/α-hetero) is 2. The van der Waals surface area contributed by atoms with Crippen molar-refractivity contribution in [2.45, 2.75) is 77.0 Å². The van der Waals surface area contributed by atoms with E-state index >= 15 is 0 Å². The predicted octanol–water partition coefficient (Wildman–Crippen LogP) is 7.30. The fourth-order valence-electron chi connectivity index (χ4n) is 5.45. The van der Waals surface area contributed by atoms with Crippen LogP contribution >= 0.6 is 0 Å². The van der Waals surface area contributed by atoms with Crippen molar-refractivity contribution >= 4 is 22.9 Å². The quantitative estimate of drug-likeness (QED) is 0.0913. The van der Waals surface area contributed by atoms with Crippen LogP contribution in [0.25, 0.3) is 0 Å². The summed E-state index contributed by atoms with van der Waals surface area (Å²) < 4.78 is 5.39. The first-order valence-electron chi connectivity index (χ1n) is 13.8. The van der Waals surface area contributed by atoms with Gasteiger partial charge in [-0.15, -0.1) is 0 Å². The summed E-state index contributed by atoms with van der Waals surface area (Å²) in [4.78, 5) is 37.5. The fraction of sp³-hybridized carbons (Fsp3) is 0.419. The van der Waals surface area contributed by atoms with Crippen LogP contribution in [-0.2, 0) is 9.59 Å². The smallest absolute Gasteiger partial charge is 0.269 e. The van der Waals surface area contributed by atoms with Crippen molar-refractivity contribution in [3.63, 3.8) is 0 Å². The van der Waals surface area contributed by atoms with E-state index < -0.39 is 22.4 Å². The molecular weight excluding hydrogens is 496 g/mol. The Morgan fingerprint density at radius 3 is 2.18 bits per heavy atom. The molecule has 1 aliphatic carbocycles. The van der Waals surface area contributed by atoms with Crippen molar-refractivity contribution in [2.75, 3.05) is 12.4 Å². The summed E-state index contributed by atoms with van der Waals surface area (Å²) in [5.74, 6) is -1.70. The van der Waals surface area contributed by atoms with E-state index in [1.807, 2.05) is 0 Å². The van der Waals surface area contributed by atoms with E-state index in [0.717, 1.165) is 25.7 Å². The SMILES string of the molecule is CCCCCCCCCCCC1=C(O)C2=C(C(=O)C1=O)C(c1ccc([N+](=O)[O-])cc1)c1cc(OC)ccc1N2. The summed E-state index contributed by atoms with van der Waals surface area (Å²) in [6.07, 6.45) is 10.4. The molecule has 0 spiro atoms. The van der Waals surface area contributed by atoms with Crippen LogP contribution in [0.4, 0.5) is 11.4 Å². The molecule has 8 nitrogen and oxygen atoms in total. The van der Waals surface area contributed by atoms with Gasteiger partial charge in [0.1, 0.15) is 11.5 Å². The van der Waals surface area contributed by atoms with Gasteiger partial charge in [0, 0.05) is 34.9 Å². The minimum atomic E-state index is -0.708. The number of hydrogen-bond donors (Lipinski definition) is 2. The lowest BCUT2D eigenvalue weighted by atomic mass is 9.74. The molecule has 0 bridgehead atoms. The molecule has 0 radical (unpaired) electrons. The lowest BCUT2D eigenvalue weighted by Gasteiger charge is -2.34. The van der Waals surface area contributed by atoms with Crippen LogP contribution in [0, 0.1) is 10.1 Å². The number of anilines is 1. The number of aliphatic hydroxyl groups excluding tert-OH is 1. The normalized spacial score (nSPS) is 16.6. The lowest BCUT2D eigenvalue weighted by molar-refractivity contribution is -0.384. The number of unbranched alkanes of at least 4 members (excludes halogenated alkanes) is 8. The maximum Gasteiger partial charge on any atom is 0.269 e. The highest BCUT2D eigenvalue weighted by atomic mass is 16.6. The highest BCUT2D eigenvalue weighted by Crippen LogP contribution is 2.47. The van der Waals surface area contributed by atoms with Crippen LogP contribution in [-0.4, -0.2) is 28.7 Å². The molecule has 39 heavy (non-hydrogen) atoms. The van der Waals surface area contributed by atoms with Gasteiger partial charge < -0.3 is 15.2 Å². The molecule has 8 heteroatoms. The molecule has 1 atom stereocenters. The zero-order valence-corrected chi connectivity index (χ0v) is 22.6. The Morgan fingerprint density at radius 1 is 0.923 bits per heavy atom. The lowest BCUT2D eigenvalue weighted by Crippen LogP contribution is -2.34. The third-order valence-electron chi connectivity index (χ3n) is 7.60. The van der Waals surface area contributed by atoms with E-state index in [1.165, 1.54) is 51.3 Å². The number of carbonyl (C=O) groups is 2. The topological polar surface area (TPSA) is 119 Å². The minimum Gasteiger partial charge on any atom is -0.505 e. The van der Waals surface area contributed by atoms with Crippen molar-refractivity contribution in [3.05, 3.63) is 86.3 Å². The molecule has 4 rings (SSSR count). The van der Waals surface area contributed by atoms with Crippen LogP contribution in [0.1, 0.15) is 88.2 Å². The number of nitrogens with one attached hydrogen (secondary N) is 1. The van der Waals surface area contributed by atoms with E-state index in [2.05, 4.69) is 12.2 Å². The average molecular weight is 533 g/mol. The van der Waals surface area contributed by atoms with Gasteiger partial charge in [0.25, 0.3) is 5.69 Å². The Labute approximate surface area is 228 Å². The molecule has 2 aromatic carbocycles. The molecule has 0 aromatic heterocycles. The number of rotatable bonds is 13. The van der Waals surface area contributed by atoms with Gasteiger partial charge in [-0.25, -0.2) is 0 Å². The predicted molar refractivity (Wildman–Crippen MR) is 150 cm³/mol. The van der Waals surface area contributed by atoms with Crippen molar-refractivity contribution in [2.24, 2.45) is 0 Å². The third-order valence-corrected chi connectivity index (χ3v) is 7.60. The Morgan fingerprint density at radius 2 is 1.56 bits per heavy atom. The Kier molecular flexibility index (Phi) is 9.17. The number of nitro benzene ring substituents is 1. The molecule has 0 saturated carbocycles. The highest BCUT2D eigenvalue weighted by Gasteiger charge is 2.42. The standard InChI is InChI=1S/C31H36N2O6/c1-3-4-5-6-7-8-9-10-11-12-23-29(34)28-27(31(36)30(23)35)26(20-13-15-21(16-14-20)33(37)38)24-19-22(39-2)17-18-25(24)32-28/h13-19,26,32,34H,3-12H2,1-2H3. The first-order valence-corrected chi connectivity index (χ1v) is 13.8. The molecule has 206 valence electrons. The maximum atomic E-state index is 13.6. The number of ketones is 2. The van der Waals surface area contributed by atoms with Gasteiger partial charge in [-0.1, -0.05) is 70.4 Å². The second-order valence-corrected chi connectivity index (χ2v) is 10.2. The number of carbonyl (C=O) groups excluding carboxylic acids is 2. The summed E-state index contributed by atoms with van der Waals surface area (Å²) in [5.41, 5.74) is 2.38. The summed E-state index contributed by atoms with van der Waals surface area (Å²) in [5, 5.41) is 25.6. The Hall–Kier alpha value is -3.94. The van der Waals surface area contributed by atoms with Crippen LogP contribution in [0.3, 0.4) is 0 Å². The molecule has 1 unspecified atom stereocenters. The zero-order chi connectivity index (χ0) is 27.9. The van der Waals surface area contributed by atoms with Crippen molar-refractivity contribution in [3.8, 4) is 5.75 Å². The molecule has 0 fully saturated rings. The van der Waals surface area contributed by atoms with Crippen LogP contribution < -0.4 is 10.1 Å². The van der Waals surface area contributed by atoms with E-state index in [1.54, 1.807) is 30.3 Å². The summed E-state index contributed by atoms with van der Waals surface area (Å²) >= 11 is 0. The second kappa shape index (κ2) is 12.7. The van der Waals surface area contributed by atoms with E-state index in [0.29, 0.717) is 29.0 Å². The number of hydrogen-bond acceptors (Lipinski definition) is 7. The molecular formula is C31H36N2O6. The summed E-state index contributed by atoms with van der Waals surface area (Å²) in [6, 6.07) is 11.2. The van der Waals surface area contributed by atoms with Gasteiger partial charge in [0.2, 0.25) is 11.6 Å². The van der Waals surface area contributed by atoms with Gasteiger partial charge in [-0.05, 0) is 42.2 Å². The van der Waals surface area contributed by atoms with Gasteiger partial charge >= 0.3 is 0 Å². The number of non-ortho nitro benzene ring substituents is 1. The van der Waals surface area contributed by atoms with Gasteiger partial charge in [0.15, 0.2) is 0 Å². The van der Waals surface area contributed by atoms with Gasteiger partial charge in [-0.2, -0.15) is 0 Å². The first-order chi connectivity index (χ1) is 18.9. The average Bonchev–Trinajstić information content (AvgIpc) is 2.95. The number of methoxy groups -OCH3 is 1. The Balaban J connectivity index is 1.61. The van der Waals surface area contributed by atoms with Gasteiger partial charge in [-0.3, -0.25) is 19.7 Å². The van der Waals surface area contributed by atoms with Crippen LogP contribution in [0.5, 0.6) is 5.75 Å². The van der Waals surface area contributed by atoms with Crippen molar-refractivity contribution in [1.82, 2.24) is 0 Å². The largest absolute Gasteiger partial charge is 0.505 e. The molecule has 0 amide bonds. The highest BCUT2D eigenvalue weighted by molar-refractivity contribution is 6.51. The number of fused-ring (bicyclic) bond motifs is 1. The zero-order valence-electron chi connectivity index (χ0n) is 22.6. The van der Waals surface area contributed by atoms with Crippen LogP contribution in [0.15, 0.2) is 65.1 Å². The molecule has 0 saturated heterocycles. The minimum absolute atomic E-state index is 0.0789. The monoisotopic (exact) mass is 532 g/mol. The number of benzene rings is 2. The molecule has 1 aliphatic heterocycles. The molecule has 2 aliphatic rings. The number of nitrogens with zero attached hydrogens (tertiary/aromatic N) is 1. The maximum absolute atomic E-state index is 13.6. The Bertz CT molecular complexity index is 1310. The van der Waals surface area contributed by atoms with E-state index in [9.17, 15) is 24.8 Å². The van der Waals surface area contributed by atoms with Gasteiger partial charge in [0.05, 0.1) is 17.7 Å². The number of allylic oxidation sites excluding steroid dienone is 2. The summed E-state index contributed by atoms with van der Waals surface area (Å²) in [6.45, 7) is 2.20. The van der Waals surface area contributed by atoms with Crippen LogP contribution in [0.2, 0.25) is 0 Å². The van der Waals surface area contributed by atoms with Crippen molar-refractivity contribution in [1.29, 1.82) is 0 Å².